The molecule has 0 bridgehead atoms. The van der Waals surface area contributed by atoms with Gasteiger partial charge in [0.15, 0.2) is 0 Å². The predicted octanol–water partition coefficient (Wildman–Crippen LogP) is 1.60. The van der Waals surface area contributed by atoms with Crippen molar-refractivity contribution in [2.45, 2.75) is 27.2 Å². The van der Waals surface area contributed by atoms with E-state index in [9.17, 15) is 4.79 Å². The van der Waals surface area contributed by atoms with Gasteiger partial charge in [0.1, 0.15) is 5.69 Å². The van der Waals surface area contributed by atoms with Crippen LogP contribution in [-0.2, 0) is 13.5 Å². The Labute approximate surface area is 108 Å². The molecule has 0 aromatic carbocycles. The molecule has 98 valence electrons. The third-order valence-electron chi connectivity index (χ3n) is 2.90. The molecule has 1 aromatic heterocycles. The molecule has 0 spiro atoms. The summed E-state index contributed by atoms with van der Waals surface area (Å²) in [5.41, 5.74) is 1.49. The fourth-order valence-electron chi connectivity index (χ4n) is 1.79. The van der Waals surface area contributed by atoms with E-state index >= 15 is 0 Å². The number of amides is 1. The molecule has 0 radical (unpaired) electrons. The molecule has 1 rings (SSSR count). The Bertz CT molecular complexity index is 458. The van der Waals surface area contributed by atoms with E-state index in [1.165, 1.54) is 0 Å². The van der Waals surface area contributed by atoms with Crippen molar-refractivity contribution in [1.29, 1.82) is 5.26 Å². The van der Waals surface area contributed by atoms with Crippen LogP contribution in [0.1, 0.15) is 37.0 Å². The first-order valence-corrected chi connectivity index (χ1v) is 6.25. The van der Waals surface area contributed by atoms with Gasteiger partial charge in [-0.1, -0.05) is 6.92 Å². The van der Waals surface area contributed by atoms with Crippen molar-refractivity contribution in [3.63, 3.8) is 0 Å². The first-order valence-electron chi connectivity index (χ1n) is 6.25. The Hall–Kier alpha value is -1.83. The lowest BCUT2D eigenvalue weighted by molar-refractivity contribution is 0.0741. The fraction of sp³-hybridized carbons (Fsp3) is 0.615. The zero-order chi connectivity index (χ0) is 13.7. The number of rotatable bonds is 5. The van der Waals surface area contributed by atoms with E-state index in [2.05, 4.69) is 11.2 Å². The normalized spacial score (nSPS) is 11.9. The molecule has 0 aliphatic rings. The van der Waals surface area contributed by atoms with Crippen molar-refractivity contribution in [1.82, 2.24) is 14.7 Å². The lowest BCUT2D eigenvalue weighted by Gasteiger charge is -2.21. The summed E-state index contributed by atoms with van der Waals surface area (Å²) in [4.78, 5) is 14.0. The molecule has 0 fully saturated rings. The second kappa shape index (κ2) is 6.20. The van der Waals surface area contributed by atoms with Crippen LogP contribution in [0.3, 0.4) is 0 Å². The predicted molar refractivity (Wildman–Crippen MR) is 68.9 cm³/mol. The molecular formula is C13H20N4O. The number of nitriles is 1. The summed E-state index contributed by atoms with van der Waals surface area (Å²) in [6.45, 7) is 6.79. The molecule has 5 heteroatoms. The van der Waals surface area contributed by atoms with Gasteiger partial charge >= 0.3 is 0 Å². The first-order chi connectivity index (χ1) is 8.53. The number of hydrogen-bond donors (Lipinski definition) is 0. The summed E-state index contributed by atoms with van der Waals surface area (Å²) in [7, 11) is 1.77. The van der Waals surface area contributed by atoms with Crippen LogP contribution in [0, 0.1) is 17.2 Å². The highest BCUT2D eigenvalue weighted by atomic mass is 16.2. The van der Waals surface area contributed by atoms with Crippen LogP contribution in [0.15, 0.2) is 6.07 Å². The van der Waals surface area contributed by atoms with E-state index in [0.717, 1.165) is 12.1 Å². The van der Waals surface area contributed by atoms with Crippen LogP contribution < -0.4 is 0 Å². The summed E-state index contributed by atoms with van der Waals surface area (Å²) in [5, 5.41) is 13.1. The number of nitrogens with zero attached hydrogens (tertiary/aromatic N) is 4. The molecule has 0 aliphatic heterocycles. The Morgan fingerprint density at radius 2 is 2.28 bits per heavy atom. The van der Waals surface area contributed by atoms with Gasteiger partial charge in [0, 0.05) is 20.1 Å². The average Bonchev–Trinajstić information content (AvgIpc) is 2.76. The van der Waals surface area contributed by atoms with Crippen molar-refractivity contribution < 1.29 is 4.79 Å². The highest BCUT2D eigenvalue weighted by molar-refractivity contribution is 5.92. The molecule has 1 amide bonds. The van der Waals surface area contributed by atoms with E-state index in [4.69, 9.17) is 5.26 Å². The lowest BCUT2D eigenvalue weighted by atomic mass is 10.2. The minimum absolute atomic E-state index is 0.0608. The number of hydrogen-bond acceptors (Lipinski definition) is 3. The molecule has 0 saturated heterocycles. The van der Waals surface area contributed by atoms with Gasteiger partial charge in [-0.2, -0.15) is 10.4 Å². The van der Waals surface area contributed by atoms with Crippen LogP contribution in [-0.4, -0.2) is 33.7 Å². The zero-order valence-corrected chi connectivity index (χ0v) is 11.5. The van der Waals surface area contributed by atoms with Gasteiger partial charge in [0.05, 0.1) is 17.7 Å². The van der Waals surface area contributed by atoms with E-state index < -0.39 is 0 Å². The Kier molecular flexibility index (Phi) is 4.90. The quantitative estimate of drug-likeness (QED) is 0.795. The molecule has 1 aromatic rings. The van der Waals surface area contributed by atoms with Crippen molar-refractivity contribution >= 4 is 5.91 Å². The minimum Gasteiger partial charge on any atom is -0.336 e. The minimum atomic E-state index is -0.159. The number of aryl methyl sites for hydroxylation is 2. The molecule has 5 nitrogen and oxygen atoms in total. The van der Waals surface area contributed by atoms with Crippen molar-refractivity contribution in [2.75, 3.05) is 13.1 Å². The summed E-state index contributed by atoms with van der Waals surface area (Å²) in [6, 6.07) is 3.97. The van der Waals surface area contributed by atoms with E-state index in [0.29, 0.717) is 18.8 Å². The van der Waals surface area contributed by atoms with Gasteiger partial charge in [-0.3, -0.25) is 9.48 Å². The van der Waals surface area contributed by atoms with Crippen molar-refractivity contribution in [3.8, 4) is 6.07 Å². The van der Waals surface area contributed by atoms with Gasteiger partial charge in [0.25, 0.3) is 5.91 Å². The smallest absolute Gasteiger partial charge is 0.272 e. The van der Waals surface area contributed by atoms with Gasteiger partial charge in [-0.05, 0) is 26.3 Å². The van der Waals surface area contributed by atoms with Crippen LogP contribution in [0.5, 0.6) is 0 Å². The van der Waals surface area contributed by atoms with Gasteiger partial charge in [-0.15, -0.1) is 0 Å². The van der Waals surface area contributed by atoms with Crippen LogP contribution >= 0.6 is 0 Å². The molecule has 0 aliphatic carbocycles. The van der Waals surface area contributed by atoms with Gasteiger partial charge < -0.3 is 4.90 Å². The second-order valence-electron chi connectivity index (χ2n) is 4.37. The summed E-state index contributed by atoms with van der Waals surface area (Å²) < 4.78 is 1.61. The summed E-state index contributed by atoms with van der Waals surface area (Å²) in [6.07, 6.45) is 0.807. The summed E-state index contributed by atoms with van der Waals surface area (Å²) >= 11 is 0. The SMILES string of the molecule is CCc1cc(C(=O)N(CC)CC(C)C#N)n(C)n1. The van der Waals surface area contributed by atoms with E-state index in [-0.39, 0.29) is 11.8 Å². The second-order valence-corrected chi connectivity index (χ2v) is 4.37. The largest absolute Gasteiger partial charge is 0.336 e. The highest BCUT2D eigenvalue weighted by Crippen LogP contribution is 2.09. The van der Waals surface area contributed by atoms with Crippen molar-refractivity contribution in [3.05, 3.63) is 17.5 Å². The molecule has 1 unspecified atom stereocenters. The maximum atomic E-state index is 12.3. The summed E-state index contributed by atoms with van der Waals surface area (Å²) in [5.74, 6) is -0.220. The third kappa shape index (κ3) is 3.10. The molecule has 0 N–H and O–H groups in total. The van der Waals surface area contributed by atoms with Crippen LogP contribution in [0.25, 0.3) is 0 Å². The molecule has 1 atom stereocenters. The van der Waals surface area contributed by atoms with Gasteiger partial charge in [0.2, 0.25) is 0 Å². The first kappa shape index (κ1) is 14.2. The Balaban J connectivity index is 2.89. The Morgan fingerprint density at radius 1 is 1.61 bits per heavy atom. The highest BCUT2D eigenvalue weighted by Gasteiger charge is 2.20. The Morgan fingerprint density at radius 3 is 2.72 bits per heavy atom. The molecule has 18 heavy (non-hydrogen) atoms. The molecule has 0 saturated carbocycles. The van der Waals surface area contributed by atoms with Crippen molar-refractivity contribution in [2.24, 2.45) is 13.0 Å². The molecular weight excluding hydrogens is 228 g/mol. The molecule has 1 heterocycles. The fourth-order valence-corrected chi connectivity index (χ4v) is 1.79. The topological polar surface area (TPSA) is 61.9 Å². The van der Waals surface area contributed by atoms with Crippen LogP contribution in [0.4, 0.5) is 0 Å². The monoisotopic (exact) mass is 248 g/mol. The van der Waals surface area contributed by atoms with Crippen LogP contribution in [0.2, 0.25) is 0 Å². The third-order valence-corrected chi connectivity index (χ3v) is 2.90. The lowest BCUT2D eigenvalue weighted by Crippen LogP contribution is -2.35. The standard InChI is InChI=1S/C13H20N4O/c1-5-11-7-12(16(4)15-11)13(18)17(6-2)9-10(3)8-14/h7,10H,5-6,9H2,1-4H3. The van der Waals surface area contributed by atoms with E-state index in [1.807, 2.05) is 26.8 Å². The number of carbonyl (C=O) groups is 1. The van der Waals surface area contributed by atoms with Gasteiger partial charge in [-0.25, -0.2) is 0 Å². The van der Waals surface area contributed by atoms with E-state index in [1.54, 1.807) is 16.6 Å². The zero-order valence-electron chi connectivity index (χ0n) is 11.5. The maximum absolute atomic E-state index is 12.3. The number of aromatic nitrogens is 2. The maximum Gasteiger partial charge on any atom is 0.272 e. The average molecular weight is 248 g/mol. The number of carbonyl (C=O) groups excluding carboxylic acids is 1.